The fourth-order valence-electron chi connectivity index (χ4n) is 4.89. The summed E-state index contributed by atoms with van der Waals surface area (Å²) in [5.74, 6) is 2.85. The zero-order valence-corrected chi connectivity index (χ0v) is 12.1. The Morgan fingerprint density at radius 2 is 1.78 bits per heavy atom. The number of hydrogen-bond donors (Lipinski definition) is 1. The normalized spacial score (nSPS) is 41.4. The average Bonchev–Trinajstić information content (AvgIpc) is 2.63. The molecule has 0 heterocycles. The Hall–Kier alpha value is -0.530. The first-order chi connectivity index (χ1) is 8.39. The van der Waals surface area contributed by atoms with Gasteiger partial charge < -0.3 is 5.32 Å². The van der Waals surface area contributed by atoms with Crippen LogP contribution in [0.5, 0.6) is 0 Å². The molecule has 0 aromatic heterocycles. The zero-order chi connectivity index (χ0) is 13.0. The smallest absolute Gasteiger partial charge is 0.226 e. The Balaban J connectivity index is 1.60. The van der Waals surface area contributed by atoms with E-state index >= 15 is 0 Å². The molecule has 0 radical (unpaired) electrons. The summed E-state index contributed by atoms with van der Waals surface area (Å²) < 4.78 is 0. The van der Waals surface area contributed by atoms with Crippen LogP contribution in [0.3, 0.4) is 0 Å². The number of carbonyl (C=O) groups is 1. The van der Waals surface area contributed by atoms with Crippen molar-refractivity contribution in [2.24, 2.45) is 28.6 Å². The van der Waals surface area contributed by atoms with E-state index in [2.05, 4.69) is 26.1 Å². The Bertz CT molecular complexity index is 341. The van der Waals surface area contributed by atoms with Gasteiger partial charge in [-0.05, 0) is 61.7 Å². The van der Waals surface area contributed by atoms with Crippen molar-refractivity contribution in [2.45, 2.75) is 59.3 Å². The van der Waals surface area contributed by atoms with Gasteiger partial charge in [0.25, 0.3) is 0 Å². The minimum absolute atomic E-state index is 0.0610. The molecule has 0 aliphatic heterocycles. The molecule has 18 heavy (non-hydrogen) atoms. The third-order valence-electron chi connectivity index (χ3n) is 5.60. The van der Waals surface area contributed by atoms with Gasteiger partial charge in [-0.1, -0.05) is 20.8 Å². The molecule has 1 amide bonds. The third kappa shape index (κ3) is 1.98. The van der Waals surface area contributed by atoms with Crippen molar-refractivity contribution >= 4 is 5.91 Å². The Morgan fingerprint density at radius 1 is 1.17 bits per heavy atom. The molecule has 4 saturated carbocycles. The Kier molecular flexibility index (Phi) is 2.76. The van der Waals surface area contributed by atoms with Crippen LogP contribution in [0, 0.1) is 28.6 Å². The van der Waals surface area contributed by atoms with Gasteiger partial charge in [0.05, 0.1) is 5.41 Å². The lowest BCUT2D eigenvalue weighted by atomic mass is 9.75. The predicted octanol–water partition coefficient (Wildman–Crippen LogP) is 3.37. The van der Waals surface area contributed by atoms with E-state index in [1.165, 1.54) is 32.1 Å². The minimum Gasteiger partial charge on any atom is -0.356 e. The maximum Gasteiger partial charge on any atom is 0.226 e. The summed E-state index contributed by atoms with van der Waals surface area (Å²) in [6.07, 6.45) is 7.54. The van der Waals surface area contributed by atoms with E-state index in [4.69, 9.17) is 0 Å². The van der Waals surface area contributed by atoms with E-state index in [1.807, 2.05) is 0 Å². The van der Waals surface area contributed by atoms with E-state index < -0.39 is 0 Å². The molecule has 102 valence electrons. The van der Waals surface area contributed by atoms with Crippen LogP contribution in [0.2, 0.25) is 0 Å². The number of hydrogen-bond acceptors (Lipinski definition) is 1. The van der Waals surface area contributed by atoms with Crippen LogP contribution in [0.4, 0.5) is 0 Å². The van der Waals surface area contributed by atoms with E-state index in [0.29, 0.717) is 11.3 Å². The highest BCUT2D eigenvalue weighted by Crippen LogP contribution is 2.65. The second-order valence-corrected chi connectivity index (χ2v) is 8.27. The molecule has 4 rings (SSSR count). The number of nitrogens with one attached hydrogen (secondary N) is 1. The Morgan fingerprint density at radius 3 is 2.33 bits per heavy atom. The summed E-state index contributed by atoms with van der Waals surface area (Å²) in [4.78, 5) is 12.6. The molecule has 2 atom stereocenters. The summed E-state index contributed by atoms with van der Waals surface area (Å²) in [6, 6.07) is 0. The van der Waals surface area contributed by atoms with Gasteiger partial charge in [-0.3, -0.25) is 4.79 Å². The first-order valence-electron chi connectivity index (χ1n) is 7.67. The highest BCUT2D eigenvalue weighted by Gasteiger charge is 2.61. The summed E-state index contributed by atoms with van der Waals surface area (Å²) in [7, 11) is 0. The summed E-state index contributed by atoms with van der Waals surface area (Å²) >= 11 is 0. The molecule has 2 heteroatoms. The second kappa shape index (κ2) is 3.98. The van der Waals surface area contributed by atoms with Crippen LogP contribution in [0.15, 0.2) is 0 Å². The highest BCUT2D eigenvalue weighted by atomic mass is 16.2. The molecule has 0 aromatic carbocycles. The average molecular weight is 249 g/mol. The fraction of sp³-hybridized carbons (Fsp3) is 0.938. The summed E-state index contributed by atoms with van der Waals surface area (Å²) in [6.45, 7) is 7.56. The van der Waals surface area contributed by atoms with E-state index in [0.717, 1.165) is 30.7 Å². The first kappa shape index (κ1) is 12.5. The van der Waals surface area contributed by atoms with Crippen molar-refractivity contribution in [1.29, 1.82) is 0 Å². The fourth-order valence-corrected chi connectivity index (χ4v) is 4.89. The van der Waals surface area contributed by atoms with Gasteiger partial charge in [0.1, 0.15) is 0 Å². The number of rotatable bonds is 3. The molecule has 2 unspecified atom stereocenters. The van der Waals surface area contributed by atoms with Crippen LogP contribution >= 0.6 is 0 Å². The van der Waals surface area contributed by atoms with Gasteiger partial charge >= 0.3 is 0 Å². The lowest BCUT2D eigenvalue weighted by Crippen LogP contribution is -2.42. The second-order valence-electron chi connectivity index (χ2n) is 8.27. The van der Waals surface area contributed by atoms with Gasteiger partial charge in [0.15, 0.2) is 0 Å². The quantitative estimate of drug-likeness (QED) is 0.816. The van der Waals surface area contributed by atoms with Gasteiger partial charge in [-0.2, -0.15) is 0 Å². The van der Waals surface area contributed by atoms with Crippen LogP contribution in [0.25, 0.3) is 0 Å². The zero-order valence-electron chi connectivity index (χ0n) is 12.1. The lowest BCUT2D eigenvalue weighted by Gasteiger charge is -2.32. The monoisotopic (exact) mass is 249 g/mol. The number of amides is 1. The maximum atomic E-state index is 12.6. The highest BCUT2D eigenvalue weighted by molar-refractivity contribution is 5.84. The predicted molar refractivity (Wildman–Crippen MR) is 73.1 cm³/mol. The first-order valence-corrected chi connectivity index (χ1v) is 7.67. The van der Waals surface area contributed by atoms with E-state index in [1.54, 1.807) is 0 Å². The van der Waals surface area contributed by atoms with Crippen LogP contribution < -0.4 is 5.32 Å². The van der Waals surface area contributed by atoms with Crippen molar-refractivity contribution in [3.8, 4) is 0 Å². The van der Waals surface area contributed by atoms with Crippen LogP contribution in [-0.2, 0) is 4.79 Å². The van der Waals surface area contributed by atoms with Crippen molar-refractivity contribution in [3.05, 3.63) is 0 Å². The maximum absolute atomic E-state index is 12.6. The van der Waals surface area contributed by atoms with Crippen molar-refractivity contribution in [3.63, 3.8) is 0 Å². The minimum atomic E-state index is 0.0610. The molecule has 1 N–H and O–H groups in total. The summed E-state index contributed by atoms with van der Waals surface area (Å²) in [5, 5.41) is 3.25. The van der Waals surface area contributed by atoms with Crippen molar-refractivity contribution < 1.29 is 4.79 Å². The molecule has 4 aliphatic rings. The standard InChI is InChI=1S/C16H27NO/c1-15(2,3)4-5-17-14(18)16-9-11-6-12(10-16)8-13(16)7-11/h11-13H,4-10H2,1-3H3,(H,17,18). The molecule has 4 fully saturated rings. The van der Waals surface area contributed by atoms with Crippen LogP contribution in [0.1, 0.15) is 59.3 Å². The lowest BCUT2D eigenvalue weighted by molar-refractivity contribution is -0.132. The molecular formula is C16H27NO. The third-order valence-corrected chi connectivity index (χ3v) is 5.60. The van der Waals surface area contributed by atoms with Crippen molar-refractivity contribution in [1.82, 2.24) is 5.32 Å². The van der Waals surface area contributed by atoms with Crippen molar-refractivity contribution in [2.75, 3.05) is 6.54 Å². The number of carbonyl (C=O) groups excluding carboxylic acids is 1. The van der Waals surface area contributed by atoms with E-state index in [9.17, 15) is 4.79 Å². The van der Waals surface area contributed by atoms with Crippen LogP contribution in [-0.4, -0.2) is 12.5 Å². The SMILES string of the molecule is CC(C)(C)CCNC(=O)C12CC3CC(CC1C3)C2. The van der Waals surface area contributed by atoms with Gasteiger partial charge in [0, 0.05) is 6.54 Å². The Labute approximate surface area is 111 Å². The molecule has 0 spiro atoms. The molecule has 0 saturated heterocycles. The van der Waals surface area contributed by atoms with Gasteiger partial charge in [0.2, 0.25) is 5.91 Å². The molecule has 4 aliphatic carbocycles. The topological polar surface area (TPSA) is 29.1 Å². The molecule has 4 bridgehead atoms. The molecular weight excluding hydrogens is 222 g/mol. The van der Waals surface area contributed by atoms with Gasteiger partial charge in [-0.15, -0.1) is 0 Å². The largest absolute Gasteiger partial charge is 0.356 e. The van der Waals surface area contributed by atoms with E-state index in [-0.39, 0.29) is 5.41 Å². The van der Waals surface area contributed by atoms with Gasteiger partial charge in [-0.25, -0.2) is 0 Å². The summed E-state index contributed by atoms with van der Waals surface area (Å²) in [5.41, 5.74) is 0.378. The molecule has 0 aromatic rings. The molecule has 2 nitrogen and oxygen atoms in total.